The minimum absolute atomic E-state index is 0.0553. The van der Waals surface area contributed by atoms with Gasteiger partial charge in [0.25, 0.3) is 0 Å². The van der Waals surface area contributed by atoms with Gasteiger partial charge in [-0.3, -0.25) is 0 Å². The zero-order chi connectivity index (χ0) is 13.1. The molecule has 2 rings (SSSR count). The Morgan fingerprint density at radius 1 is 1.22 bits per heavy atom. The van der Waals surface area contributed by atoms with Gasteiger partial charge in [-0.2, -0.15) is 0 Å². The largest absolute Gasteiger partial charge is 0.872 e. The van der Waals surface area contributed by atoms with Crippen molar-refractivity contribution in [1.82, 2.24) is 0 Å². The molecule has 3 nitrogen and oxygen atoms in total. The molecule has 0 bridgehead atoms. The average molecular weight is 245 g/mol. The highest BCUT2D eigenvalue weighted by Crippen LogP contribution is 2.27. The van der Waals surface area contributed by atoms with Gasteiger partial charge in [0.15, 0.2) is 0 Å². The lowest BCUT2D eigenvalue weighted by molar-refractivity contribution is -0.265. The van der Waals surface area contributed by atoms with Crippen LogP contribution in [0, 0.1) is 6.92 Å². The summed E-state index contributed by atoms with van der Waals surface area (Å²) in [5.74, 6) is -0.0553. The molecule has 1 aromatic heterocycles. The quantitative estimate of drug-likeness (QED) is 0.614. The SMILES string of the molecule is CCCCCc1cc([O-])c2c(C)cc(=O)oc2c1. The van der Waals surface area contributed by atoms with Crippen LogP contribution in [0.15, 0.2) is 27.4 Å². The Bertz CT molecular complexity index is 611. The van der Waals surface area contributed by atoms with Crippen LogP contribution >= 0.6 is 0 Å². The summed E-state index contributed by atoms with van der Waals surface area (Å²) in [5, 5.41) is 12.5. The highest BCUT2D eigenvalue weighted by atomic mass is 16.4. The molecular formula is C15H17O3-. The molecule has 0 spiro atoms. The minimum Gasteiger partial charge on any atom is -0.872 e. The zero-order valence-electron chi connectivity index (χ0n) is 10.8. The summed E-state index contributed by atoms with van der Waals surface area (Å²) < 4.78 is 5.11. The fraction of sp³-hybridized carbons (Fsp3) is 0.400. The molecule has 18 heavy (non-hydrogen) atoms. The summed E-state index contributed by atoms with van der Waals surface area (Å²) in [4.78, 5) is 11.3. The molecule has 2 aromatic rings. The summed E-state index contributed by atoms with van der Waals surface area (Å²) in [6.45, 7) is 3.90. The third kappa shape index (κ3) is 2.55. The average Bonchev–Trinajstić information content (AvgIpc) is 2.27. The summed E-state index contributed by atoms with van der Waals surface area (Å²) in [7, 11) is 0. The van der Waals surface area contributed by atoms with Crippen LogP contribution < -0.4 is 10.7 Å². The lowest BCUT2D eigenvalue weighted by Crippen LogP contribution is -2.02. The van der Waals surface area contributed by atoms with Crippen LogP contribution in [0.25, 0.3) is 11.0 Å². The van der Waals surface area contributed by atoms with Crippen LogP contribution in [0.4, 0.5) is 0 Å². The van der Waals surface area contributed by atoms with Gasteiger partial charge in [-0.1, -0.05) is 31.6 Å². The first-order chi connectivity index (χ1) is 8.61. The maximum Gasteiger partial charge on any atom is 0.336 e. The maximum atomic E-state index is 12.0. The molecule has 0 saturated carbocycles. The van der Waals surface area contributed by atoms with Crippen LogP contribution in [0.1, 0.15) is 37.3 Å². The van der Waals surface area contributed by atoms with Crippen LogP contribution in [-0.4, -0.2) is 0 Å². The molecule has 0 fully saturated rings. The number of hydrogen-bond acceptors (Lipinski definition) is 3. The third-order valence-corrected chi connectivity index (χ3v) is 3.13. The number of benzene rings is 1. The van der Waals surface area contributed by atoms with Gasteiger partial charge in [0.1, 0.15) is 5.58 Å². The van der Waals surface area contributed by atoms with E-state index in [0.29, 0.717) is 16.5 Å². The van der Waals surface area contributed by atoms with Crippen molar-refractivity contribution in [3.05, 3.63) is 39.7 Å². The fourth-order valence-corrected chi connectivity index (χ4v) is 2.22. The topological polar surface area (TPSA) is 53.3 Å². The monoisotopic (exact) mass is 245 g/mol. The molecule has 96 valence electrons. The van der Waals surface area contributed by atoms with E-state index >= 15 is 0 Å². The fourth-order valence-electron chi connectivity index (χ4n) is 2.22. The van der Waals surface area contributed by atoms with Gasteiger partial charge in [-0.25, -0.2) is 4.79 Å². The number of aryl methyl sites for hydroxylation is 2. The van der Waals surface area contributed by atoms with Crippen molar-refractivity contribution in [2.24, 2.45) is 0 Å². The van der Waals surface area contributed by atoms with Crippen molar-refractivity contribution < 1.29 is 9.52 Å². The van der Waals surface area contributed by atoms with Gasteiger partial charge >= 0.3 is 5.63 Å². The third-order valence-electron chi connectivity index (χ3n) is 3.13. The second-order valence-corrected chi connectivity index (χ2v) is 4.67. The maximum absolute atomic E-state index is 12.0. The molecule has 0 atom stereocenters. The van der Waals surface area contributed by atoms with E-state index in [2.05, 4.69) is 6.92 Å². The smallest absolute Gasteiger partial charge is 0.336 e. The predicted molar refractivity (Wildman–Crippen MR) is 69.9 cm³/mol. The minimum atomic E-state index is -0.398. The molecule has 0 saturated heterocycles. The predicted octanol–water partition coefficient (Wildman–Crippen LogP) is 2.91. The van der Waals surface area contributed by atoms with Gasteiger partial charge in [-0.15, -0.1) is 0 Å². The zero-order valence-corrected chi connectivity index (χ0v) is 10.8. The molecular weight excluding hydrogens is 228 g/mol. The van der Waals surface area contributed by atoms with Crippen LogP contribution in [0.2, 0.25) is 0 Å². The molecule has 1 heterocycles. The van der Waals surface area contributed by atoms with Crippen molar-refractivity contribution in [3.8, 4) is 5.75 Å². The van der Waals surface area contributed by atoms with Crippen LogP contribution in [0.3, 0.4) is 0 Å². The molecule has 0 aliphatic heterocycles. The molecule has 0 aliphatic carbocycles. The summed E-state index contributed by atoms with van der Waals surface area (Å²) in [6.07, 6.45) is 4.20. The Hall–Kier alpha value is -1.77. The van der Waals surface area contributed by atoms with Crippen molar-refractivity contribution in [2.75, 3.05) is 0 Å². The molecule has 0 amide bonds. The number of rotatable bonds is 4. The molecule has 0 N–H and O–H groups in total. The van der Waals surface area contributed by atoms with Crippen LogP contribution in [0.5, 0.6) is 5.75 Å². The first-order valence-electron chi connectivity index (χ1n) is 6.36. The van der Waals surface area contributed by atoms with Gasteiger partial charge in [-0.05, 0) is 37.0 Å². The van der Waals surface area contributed by atoms with Crippen molar-refractivity contribution >= 4 is 11.0 Å². The van der Waals surface area contributed by atoms with E-state index in [4.69, 9.17) is 4.42 Å². The van der Waals surface area contributed by atoms with E-state index in [1.807, 2.05) is 6.07 Å². The van der Waals surface area contributed by atoms with Crippen molar-refractivity contribution in [3.63, 3.8) is 0 Å². The van der Waals surface area contributed by atoms with E-state index < -0.39 is 5.63 Å². The normalized spacial score (nSPS) is 11.0. The Kier molecular flexibility index (Phi) is 3.70. The highest BCUT2D eigenvalue weighted by molar-refractivity contribution is 5.86. The van der Waals surface area contributed by atoms with Gasteiger partial charge in [0.2, 0.25) is 0 Å². The highest BCUT2D eigenvalue weighted by Gasteiger charge is 2.05. The van der Waals surface area contributed by atoms with Crippen LogP contribution in [-0.2, 0) is 6.42 Å². The van der Waals surface area contributed by atoms with Gasteiger partial charge in [0, 0.05) is 11.5 Å². The summed E-state index contributed by atoms with van der Waals surface area (Å²) >= 11 is 0. The van der Waals surface area contributed by atoms with E-state index in [1.165, 1.54) is 6.07 Å². The number of fused-ring (bicyclic) bond motifs is 1. The Labute approximate surface area is 106 Å². The van der Waals surface area contributed by atoms with Gasteiger partial charge < -0.3 is 9.52 Å². The lowest BCUT2D eigenvalue weighted by Gasteiger charge is -2.14. The second kappa shape index (κ2) is 5.25. The Balaban J connectivity index is 2.45. The van der Waals surface area contributed by atoms with Crippen molar-refractivity contribution in [2.45, 2.75) is 39.5 Å². The number of unbranched alkanes of at least 4 members (excludes halogenated alkanes) is 2. The second-order valence-electron chi connectivity index (χ2n) is 4.67. The van der Waals surface area contributed by atoms with Crippen molar-refractivity contribution in [1.29, 1.82) is 0 Å². The molecule has 0 aliphatic rings. The molecule has 0 radical (unpaired) electrons. The molecule has 0 unspecified atom stereocenters. The first kappa shape index (κ1) is 12.7. The standard InChI is InChI=1S/C15H18O3/c1-3-4-5-6-11-8-12(16)15-10(2)7-14(17)18-13(15)9-11/h7-9,16H,3-6H2,1-2H3/p-1. The van der Waals surface area contributed by atoms with E-state index in [0.717, 1.165) is 31.2 Å². The van der Waals surface area contributed by atoms with E-state index in [9.17, 15) is 9.90 Å². The molecule has 1 aromatic carbocycles. The Morgan fingerprint density at radius 2 is 2.00 bits per heavy atom. The lowest BCUT2D eigenvalue weighted by atomic mass is 10.0. The van der Waals surface area contributed by atoms with E-state index in [1.54, 1.807) is 13.0 Å². The summed E-state index contributed by atoms with van der Waals surface area (Å²) in [6, 6.07) is 4.84. The number of hydrogen-bond donors (Lipinski definition) is 0. The molecule has 3 heteroatoms. The first-order valence-corrected chi connectivity index (χ1v) is 6.36. The van der Waals surface area contributed by atoms with E-state index in [-0.39, 0.29) is 5.75 Å². The summed E-state index contributed by atoms with van der Waals surface area (Å²) in [5.41, 5.74) is 1.66. The Morgan fingerprint density at radius 3 is 2.72 bits per heavy atom. The van der Waals surface area contributed by atoms with Gasteiger partial charge in [0.05, 0.1) is 0 Å².